The number of hydrogen-bond acceptors (Lipinski definition) is 7. The van der Waals surface area contributed by atoms with Gasteiger partial charge in [0.1, 0.15) is 10.5 Å². The Morgan fingerprint density at radius 1 is 1.35 bits per heavy atom. The van der Waals surface area contributed by atoms with Crippen LogP contribution in [0.4, 0.5) is 0 Å². The fourth-order valence-corrected chi connectivity index (χ4v) is 6.09. The summed E-state index contributed by atoms with van der Waals surface area (Å²) in [6.45, 7) is 2.30. The van der Waals surface area contributed by atoms with E-state index in [9.17, 15) is 13.2 Å². The SMILES string of the molecule is Cc1ccc(C(=O)N2CC3(C2)[C@@H](COc2ncccn2)CCS3(=O)=O)o1. The molecule has 2 aliphatic rings. The van der Waals surface area contributed by atoms with Gasteiger partial charge in [-0.2, -0.15) is 0 Å². The van der Waals surface area contributed by atoms with Crippen LogP contribution in [0.1, 0.15) is 22.7 Å². The van der Waals surface area contributed by atoms with Gasteiger partial charge in [0.05, 0.1) is 12.4 Å². The Hall–Kier alpha value is -2.42. The van der Waals surface area contributed by atoms with E-state index in [0.29, 0.717) is 12.2 Å². The van der Waals surface area contributed by atoms with E-state index in [0.717, 1.165) is 0 Å². The Bertz CT molecular complexity index is 919. The van der Waals surface area contributed by atoms with Crippen molar-refractivity contribution in [3.63, 3.8) is 0 Å². The molecule has 2 aliphatic heterocycles. The number of amides is 1. The Morgan fingerprint density at radius 2 is 2.08 bits per heavy atom. The lowest BCUT2D eigenvalue weighted by Gasteiger charge is -2.49. The molecule has 4 heterocycles. The van der Waals surface area contributed by atoms with E-state index in [1.807, 2.05) is 0 Å². The third-order valence-corrected chi connectivity index (χ3v) is 7.81. The van der Waals surface area contributed by atoms with Gasteiger partial charge < -0.3 is 14.1 Å². The molecule has 0 bridgehead atoms. The van der Waals surface area contributed by atoms with Crippen molar-refractivity contribution in [2.45, 2.75) is 18.1 Å². The van der Waals surface area contributed by atoms with Crippen molar-refractivity contribution < 1.29 is 22.4 Å². The lowest BCUT2D eigenvalue weighted by Crippen LogP contribution is -2.68. The molecule has 9 heteroatoms. The second-order valence-corrected chi connectivity index (χ2v) is 9.23. The first-order chi connectivity index (χ1) is 12.4. The molecule has 1 amide bonds. The average molecular weight is 377 g/mol. The first-order valence-electron chi connectivity index (χ1n) is 8.39. The molecule has 2 saturated heterocycles. The minimum absolute atomic E-state index is 0.110. The van der Waals surface area contributed by atoms with Crippen LogP contribution in [0.15, 0.2) is 35.0 Å². The summed E-state index contributed by atoms with van der Waals surface area (Å²) >= 11 is 0. The molecule has 2 aromatic rings. The number of ether oxygens (including phenoxy) is 1. The smallest absolute Gasteiger partial charge is 0.316 e. The molecule has 1 spiro atoms. The van der Waals surface area contributed by atoms with E-state index >= 15 is 0 Å². The van der Waals surface area contributed by atoms with Crippen LogP contribution >= 0.6 is 0 Å². The van der Waals surface area contributed by atoms with Crippen LogP contribution in [0.25, 0.3) is 0 Å². The molecule has 26 heavy (non-hydrogen) atoms. The van der Waals surface area contributed by atoms with Gasteiger partial charge in [0.2, 0.25) is 0 Å². The summed E-state index contributed by atoms with van der Waals surface area (Å²) in [5.41, 5.74) is 0. The highest BCUT2D eigenvalue weighted by Gasteiger charge is 2.63. The maximum absolute atomic E-state index is 12.6. The molecule has 4 rings (SSSR count). The van der Waals surface area contributed by atoms with Gasteiger partial charge in [-0.15, -0.1) is 0 Å². The van der Waals surface area contributed by atoms with Gasteiger partial charge in [-0.1, -0.05) is 0 Å². The van der Waals surface area contributed by atoms with Crippen LogP contribution in [0, 0.1) is 12.8 Å². The largest absolute Gasteiger partial charge is 0.463 e. The first kappa shape index (κ1) is 17.0. The Balaban J connectivity index is 1.47. The maximum atomic E-state index is 12.6. The number of furan rings is 1. The minimum Gasteiger partial charge on any atom is -0.463 e. The van der Waals surface area contributed by atoms with Crippen LogP contribution in [0.2, 0.25) is 0 Å². The van der Waals surface area contributed by atoms with Crippen molar-refractivity contribution in [3.8, 4) is 6.01 Å². The van der Waals surface area contributed by atoms with E-state index in [2.05, 4.69) is 9.97 Å². The van der Waals surface area contributed by atoms with Crippen LogP contribution in [0.5, 0.6) is 6.01 Å². The third-order valence-electron chi connectivity index (χ3n) is 5.21. The monoisotopic (exact) mass is 377 g/mol. The number of aryl methyl sites for hydroxylation is 1. The van der Waals surface area contributed by atoms with Crippen LogP contribution in [-0.4, -0.2) is 59.4 Å². The molecular formula is C17H19N3O5S. The lowest BCUT2D eigenvalue weighted by atomic mass is 9.83. The van der Waals surface area contributed by atoms with Gasteiger partial charge in [-0.3, -0.25) is 4.79 Å². The quantitative estimate of drug-likeness (QED) is 0.786. The van der Waals surface area contributed by atoms with Gasteiger partial charge >= 0.3 is 6.01 Å². The van der Waals surface area contributed by atoms with Crippen molar-refractivity contribution in [2.24, 2.45) is 5.92 Å². The molecular weight excluding hydrogens is 358 g/mol. The molecule has 0 saturated carbocycles. The fraction of sp³-hybridized carbons (Fsp3) is 0.471. The standard InChI is InChI=1S/C17H19N3O5S/c1-12-3-4-14(25-12)15(21)20-10-17(11-20)13(5-8-26(17,22)23)9-24-16-18-6-2-7-19-16/h2-4,6-7,13H,5,8-11H2,1H3/t13-/m1/s1. The summed E-state index contributed by atoms with van der Waals surface area (Å²) in [4.78, 5) is 22.0. The number of nitrogens with zero attached hydrogens (tertiary/aromatic N) is 3. The Labute approximate surface area is 151 Å². The zero-order valence-electron chi connectivity index (χ0n) is 14.3. The number of carbonyl (C=O) groups is 1. The van der Waals surface area contributed by atoms with Gasteiger partial charge in [-0.25, -0.2) is 18.4 Å². The molecule has 2 aromatic heterocycles. The number of carbonyl (C=O) groups excluding carboxylic acids is 1. The third kappa shape index (κ3) is 2.66. The zero-order chi connectivity index (χ0) is 18.4. The van der Waals surface area contributed by atoms with Crippen molar-refractivity contribution in [1.29, 1.82) is 0 Å². The molecule has 2 fully saturated rings. The van der Waals surface area contributed by atoms with Gasteiger partial charge in [-0.05, 0) is 31.5 Å². The van der Waals surface area contributed by atoms with Crippen molar-refractivity contribution in [3.05, 3.63) is 42.1 Å². The number of likely N-dealkylation sites (tertiary alicyclic amines) is 1. The van der Waals surface area contributed by atoms with E-state index in [1.165, 1.54) is 4.90 Å². The van der Waals surface area contributed by atoms with E-state index in [-0.39, 0.29) is 49.0 Å². The molecule has 0 aliphatic carbocycles. The molecule has 1 atom stereocenters. The summed E-state index contributed by atoms with van der Waals surface area (Å²) in [5, 5.41) is 0. The zero-order valence-corrected chi connectivity index (χ0v) is 15.1. The van der Waals surface area contributed by atoms with E-state index in [1.54, 1.807) is 37.5 Å². The highest BCUT2D eigenvalue weighted by Crippen LogP contribution is 2.45. The summed E-state index contributed by atoms with van der Waals surface area (Å²) in [6.07, 6.45) is 3.65. The molecule has 0 unspecified atom stereocenters. The number of aromatic nitrogens is 2. The Kier molecular flexibility index (Phi) is 3.98. The van der Waals surface area contributed by atoms with Crippen molar-refractivity contribution in [2.75, 3.05) is 25.4 Å². The minimum atomic E-state index is -3.29. The Morgan fingerprint density at radius 3 is 2.73 bits per heavy atom. The average Bonchev–Trinajstić information content (AvgIpc) is 3.13. The number of hydrogen-bond donors (Lipinski definition) is 0. The molecule has 0 radical (unpaired) electrons. The second kappa shape index (κ2) is 6.08. The van der Waals surface area contributed by atoms with Crippen molar-refractivity contribution >= 4 is 15.7 Å². The highest BCUT2D eigenvalue weighted by molar-refractivity contribution is 7.93. The molecule has 138 valence electrons. The molecule has 0 N–H and O–H groups in total. The van der Waals surface area contributed by atoms with Gasteiger partial charge in [0.25, 0.3) is 5.91 Å². The van der Waals surface area contributed by atoms with Crippen LogP contribution < -0.4 is 4.74 Å². The van der Waals surface area contributed by atoms with Gasteiger partial charge in [0.15, 0.2) is 15.6 Å². The predicted molar refractivity (Wildman–Crippen MR) is 91.5 cm³/mol. The van der Waals surface area contributed by atoms with Crippen molar-refractivity contribution in [1.82, 2.24) is 14.9 Å². The van der Waals surface area contributed by atoms with E-state index in [4.69, 9.17) is 9.15 Å². The first-order valence-corrected chi connectivity index (χ1v) is 10.0. The summed E-state index contributed by atoms with van der Waals surface area (Å²) in [7, 11) is -3.29. The molecule has 8 nitrogen and oxygen atoms in total. The van der Waals surface area contributed by atoms with Crippen LogP contribution in [-0.2, 0) is 9.84 Å². The number of rotatable bonds is 4. The van der Waals surface area contributed by atoms with E-state index < -0.39 is 14.6 Å². The summed E-state index contributed by atoms with van der Waals surface area (Å²) < 4.78 is 35.3. The molecule has 0 aromatic carbocycles. The fourth-order valence-electron chi connectivity index (χ4n) is 3.69. The summed E-state index contributed by atoms with van der Waals surface area (Å²) in [5.74, 6) is 0.512. The lowest BCUT2D eigenvalue weighted by molar-refractivity contribution is 0.0374. The predicted octanol–water partition coefficient (Wildman–Crippen LogP) is 1.09. The highest BCUT2D eigenvalue weighted by atomic mass is 32.2. The second-order valence-electron chi connectivity index (χ2n) is 6.78. The number of sulfone groups is 1. The normalized spacial score (nSPS) is 23.0. The topological polar surface area (TPSA) is 103 Å². The van der Waals surface area contributed by atoms with Crippen LogP contribution in [0.3, 0.4) is 0 Å². The van der Waals surface area contributed by atoms with Gasteiger partial charge in [0, 0.05) is 31.4 Å². The summed E-state index contributed by atoms with van der Waals surface area (Å²) in [6, 6.07) is 5.23. The maximum Gasteiger partial charge on any atom is 0.316 e.